The van der Waals surface area contributed by atoms with Gasteiger partial charge in [-0.2, -0.15) is 5.10 Å². The van der Waals surface area contributed by atoms with Crippen LogP contribution in [0.25, 0.3) is 11.3 Å². The summed E-state index contributed by atoms with van der Waals surface area (Å²) in [6, 6.07) is 12.6. The number of rotatable bonds is 8. The van der Waals surface area contributed by atoms with Gasteiger partial charge in [-0.15, -0.1) is 0 Å². The van der Waals surface area contributed by atoms with E-state index in [2.05, 4.69) is 21.0 Å². The Morgan fingerprint density at radius 3 is 2.74 bits per heavy atom. The highest BCUT2D eigenvalue weighted by molar-refractivity contribution is 6.04. The molecule has 2 aromatic carbocycles. The minimum Gasteiger partial charge on any atom is -0.491 e. The average Bonchev–Trinajstić information content (AvgIpc) is 3.28. The third-order valence-corrected chi connectivity index (χ3v) is 5.79. The predicted octanol–water partition coefficient (Wildman–Crippen LogP) is 2.97. The Bertz CT molecular complexity index is 1160. The molecule has 1 saturated heterocycles. The number of halogens is 1. The lowest BCUT2D eigenvalue weighted by Crippen LogP contribution is -2.39. The molecule has 1 aliphatic heterocycles. The fourth-order valence-corrected chi connectivity index (χ4v) is 3.97. The van der Waals surface area contributed by atoms with Crippen LogP contribution in [0.2, 0.25) is 0 Å². The maximum absolute atomic E-state index is 13.5. The molecule has 1 aliphatic rings. The summed E-state index contributed by atoms with van der Waals surface area (Å²) in [5.41, 5.74) is 2.31. The van der Waals surface area contributed by atoms with Gasteiger partial charge in [-0.05, 0) is 68.4 Å². The van der Waals surface area contributed by atoms with Crippen LogP contribution in [0.15, 0.2) is 54.7 Å². The van der Waals surface area contributed by atoms with Crippen LogP contribution in [0.5, 0.6) is 5.75 Å². The van der Waals surface area contributed by atoms with Gasteiger partial charge in [-0.25, -0.2) is 4.39 Å². The van der Waals surface area contributed by atoms with Crippen molar-refractivity contribution >= 4 is 17.5 Å². The van der Waals surface area contributed by atoms with Gasteiger partial charge in [-0.3, -0.25) is 14.3 Å². The Hall–Kier alpha value is -3.72. The van der Waals surface area contributed by atoms with Crippen LogP contribution in [0.4, 0.5) is 10.1 Å². The topological polar surface area (TPSA) is 97.3 Å². The Morgan fingerprint density at radius 1 is 1.18 bits per heavy atom. The SMILES string of the molecule is Cn1nccc1-c1cc(NC(=O)c2cccc(F)c2)ccc1OCCNC(=O)C1CCNCC1. The molecule has 2 heterocycles. The van der Waals surface area contributed by atoms with E-state index in [1.165, 1.54) is 18.2 Å². The van der Waals surface area contributed by atoms with E-state index in [-0.39, 0.29) is 17.4 Å². The monoisotopic (exact) mass is 465 g/mol. The van der Waals surface area contributed by atoms with Crippen LogP contribution in [-0.2, 0) is 11.8 Å². The van der Waals surface area contributed by atoms with Gasteiger partial charge in [0.2, 0.25) is 5.91 Å². The zero-order valence-electron chi connectivity index (χ0n) is 19.0. The molecule has 0 unspecified atom stereocenters. The second kappa shape index (κ2) is 10.9. The number of ether oxygens (including phenoxy) is 1. The second-order valence-electron chi connectivity index (χ2n) is 8.18. The van der Waals surface area contributed by atoms with Crippen molar-refractivity contribution in [3.05, 3.63) is 66.1 Å². The van der Waals surface area contributed by atoms with Gasteiger partial charge < -0.3 is 20.7 Å². The van der Waals surface area contributed by atoms with E-state index in [0.717, 1.165) is 37.2 Å². The van der Waals surface area contributed by atoms with Crippen molar-refractivity contribution in [3.63, 3.8) is 0 Å². The number of anilines is 1. The molecule has 1 aromatic heterocycles. The molecule has 0 atom stereocenters. The molecule has 178 valence electrons. The minimum atomic E-state index is -0.473. The number of nitrogens with zero attached hydrogens (tertiary/aromatic N) is 2. The number of piperidine rings is 1. The summed E-state index contributed by atoms with van der Waals surface area (Å²) >= 11 is 0. The molecular formula is C25H28FN5O3. The van der Waals surface area contributed by atoms with Crippen LogP contribution in [0.3, 0.4) is 0 Å². The number of hydrogen-bond donors (Lipinski definition) is 3. The first-order chi connectivity index (χ1) is 16.5. The van der Waals surface area contributed by atoms with Crippen molar-refractivity contribution in [1.29, 1.82) is 0 Å². The molecule has 0 radical (unpaired) electrons. The number of amides is 2. The molecule has 0 saturated carbocycles. The van der Waals surface area contributed by atoms with Crippen LogP contribution in [0, 0.1) is 11.7 Å². The van der Waals surface area contributed by atoms with Gasteiger partial charge in [0.25, 0.3) is 5.91 Å². The molecule has 3 N–H and O–H groups in total. The highest BCUT2D eigenvalue weighted by atomic mass is 19.1. The quantitative estimate of drug-likeness (QED) is 0.445. The van der Waals surface area contributed by atoms with Crippen LogP contribution >= 0.6 is 0 Å². The first-order valence-corrected chi connectivity index (χ1v) is 11.3. The highest BCUT2D eigenvalue weighted by Crippen LogP contribution is 2.32. The van der Waals surface area contributed by atoms with Crippen molar-refractivity contribution in [1.82, 2.24) is 20.4 Å². The molecule has 34 heavy (non-hydrogen) atoms. The van der Waals surface area contributed by atoms with E-state index >= 15 is 0 Å². The van der Waals surface area contributed by atoms with Gasteiger partial charge in [0.1, 0.15) is 18.2 Å². The third kappa shape index (κ3) is 5.79. The van der Waals surface area contributed by atoms with Crippen LogP contribution < -0.4 is 20.7 Å². The average molecular weight is 466 g/mol. The Balaban J connectivity index is 1.43. The van der Waals surface area contributed by atoms with Gasteiger partial charge >= 0.3 is 0 Å². The summed E-state index contributed by atoms with van der Waals surface area (Å²) in [4.78, 5) is 24.9. The fraction of sp³-hybridized carbons (Fsp3) is 0.320. The van der Waals surface area contributed by atoms with Crippen molar-refractivity contribution < 1.29 is 18.7 Å². The van der Waals surface area contributed by atoms with Crippen molar-refractivity contribution in [2.75, 3.05) is 31.6 Å². The Labute approximate surface area is 197 Å². The van der Waals surface area contributed by atoms with E-state index in [9.17, 15) is 14.0 Å². The zero-order valence-corrected chi connectivity index (χ0v) is 19.0. The highest BCUT2D eigenvalue weighted by Gasteiger charge is 2.20. The number of hydrogen-bond acceptors (Lipinski definition) is 5. The summed E-state index contributed by atoms with van der Waals surface area (Å²) in [6.07, 6.45) is 3.37. The molecule has 0 spiro atoms. The molecule has 2 amide bonds. The number of benzene rings is 2. The second-order valence-corrected chi connectivity index (χ2v) is 8.18. The van der Waals surface area contributed by atoms with E-state index in [0.29, 0.717) is 24.6 Å². The van der Waals surface area contributed by atoms with E-state index in [4.69, 9.17) is 4.74 Å². The predicted molar refractivity (Wildman–Crippen MR) is 127 cm³/mol. The Morgan fingerprint density at radius 2 is 2.00 bits per heavy atom. The van der Waals surface area contributed by atoms with Crippen LogP contribution in [0.1, 0.15) is 23.2 Å². The molecule has 0 aliphatic carbocycles. The first kappa shape index (κ1) is 23.4. The summed E-state index contributed by atoms with van der Waals surface area (Å²) in [5, 5.41) is 13.2. The largest absolute Gasteiger partial charge is 0.491 e. The van der Waals surface area contributed by atoms with E-state index < -0.39 is 11.7 Å². The van der Waals surface area contributed by atoms with Gasteiger partial charge in [0.15, 0.2) is 0 Å². The van der Waals surface area contributed by atoms with Crippen molar-refractivity contribution in [2.45, 2.75) is 12.8 Å². The summed E-state index contributed by atoms with van der Waals surface area (Å²) in [7, 11) is 1.82. The van der Waals surface area contributed by atoms with E-state index in [1.54, 1.807) is 35.1 Å². The summed E-state index contributed by atoms with van der Waals surface area (Å²) in [6.45, 7) is 2.43. The number of carbonyl (C=O) groups is 2. The first-order valence-electron chi connectivity index (χ1n) is 11.3. The molecule has 8 nitrogen and oxygen atoms in total. The van der Waals surface area contributed by atoms with Gasteiger partial charge in [0.05, 0.1) is 12.2 Å². The van der Waals surface area contributed by atoms with Gasteiger partial charge in [-0.1, -0.05) is 6.07 Å². The van der Waals surface area contributed by atoms with Crippen molar-refractivity contribution in [2.24, 2.45) is 13.0 Å². The number of carbonyl (C=O) groups excluding carboxylic acids is 2. The molecule has 3 aromatic rings. The maximum atomic E-state index is 13.5. The summed E-state index contributed by atoms with van der Waals surface area (Å²) in [5.74, 6) is -0.174. The smallest absolute Gasteiger partial charge is 0.255 e. The zero-order chi connectivity index (χ0) is 23.9. The van der Waals surface area contributed by atoms with Crippen molar-refractivity contribution in [3.8, 4) is 17.0 Å². The standard InChI is InChI=1S/C25H28FN5O3/c1-31-22(9-12-29-31)21-16-20(30-25(33)18-3-2-4-19(26)15-18)5-6-23(21)34-14-13-28-24(32)17-7-10-27-11-8-17/h2-6,9,12,15-17,27H,7-8,10-11,13-14H2,1H3,(H,28,32)(H,30,33). The lowest BCUT2D eigenvalue weighted by molar-refractivity contribution is -0.125. The normalized spacial score (nSPS) is 13.9. The molecule has 9 heteroatoms. The van der Waals surface area contributed by atoms with Gasteiger partial charge in [0, 0.05) is 36.0 Å². The molecule has 4 rings (SSSR count). The molecular weight excluding hydrogens is 437 g/mol. The summed E-state index contributed by atoms with van der Waals surface area (Å²) < 4.78 is 21.2. The molecule has 1 fully saturated rings. The number of aryl methyl sites for hydroxylation is 1. The minimum absolute atomic E-state index is 0.0484. The molecule has 0 bridgehead atoms. The Kier molecular flexibility index (Phi) is 7.54. The third-order valence-electron chi connectivity index (χ3n) is 5.79. The van der Waals surface area contributed by atoms with E-state index in [1.807, 2.05) is 13.1 Å². The number of aromatic nitrogens is 2. The fourth-order valence-electron chi connectivity index (χ4n) is 3.97. The lowest BCUT2D eigenvalue weighted by atomic mass is 9.97. The maximum Gasteiger partial charge on any atom is 0.255 e. The van der Waals surface area contributed by atoms with Crippen LogP contribution in [-0.4, -0.2) is 47.8 Å². The number of nitrogens with one attached hydrogen (secondary N) is 3. The lowest BCUT2D eigenvalue weighted by Gasteiger charge is -2.21.